The molecule has 0 rings (SSSR count). The van der Waals surface area contributed by atoms with Crippen molar-refractivity contribution in [2.45, 2.75) is 128 Å². The van der Waals surface area contributed by atoms with Crippen LogP contribution in [0.5, 0.6) is 0 Å². The Bertz CT molecular complexity index is 1080. The number of hydrogen-bond donors (Lipinski definition) is 12. The van der Waals surface area contributed by atoms with Gasteiger partial charge in [-0.15, -0.1) is 0 Å². The third kappa shape index (κ3) is 18.5. The highest BCUT2D eigenvalue weighted by atomic mass is 16.5. The Labute approximate surface area is 293 Å². The molecule has 0 heterocycles. The molecule has 2 unspecified atom stereocenters. The van der Waals surface area contributed by atoms with Gasteiger partial charge in [0.05, 0.1) is 45.4 Å². The van der Waals surface area contributed by atoms with Gasteiger partial charge in [0.1, 0.15) is 42.3 Å². The number of carbonyl (C=O) groups excluding carboxylic acids is 5. The third-order valence-electron chi connectivity index (χ3n) is 7.77. The second-order valence-electron chi connectivity index (χ2n) is 13.6. The topological polar surface area (TPSA) is 313 Å². The monoisotopic (exact) mass is 726 g/mol. The Kier molecular flexibility index (Phi) is 21.6. The van der Waals surface area contributed by atoms with Crippen LogP contribution < -0.4 is 16.0 Å². The van der Waals surface area contributed by atoms with Crippen molar-refractivity contribution in [3.05, 3.63) is 0 Å². The van der Waals surface area contributed by atoms with Crippen LogP contribution in [-0.2, 0) is 28.7 Å². The van der Waals surface area contributed by atoms with Crippen LogP contribution in [0.25, 0.3) is 0 Å². The van der Waals surface area contributed by atoms with Gasteiger partial charge in [0, 0.05) is 39.3 Å². The van der Waals surface area contributed by atoms with Crippen molar-refractivity contribution in [3.63, 3.8) is 0 Å². The van der Waals surface area contributed by atoms with E-state index in [-0.39, 0.29) is 49.8 Å². The number of ether oxygens (including phenoxy) is 1. The molecule has 50 heavy (non-hydrogen) atoms. The molecule has 0 aliphatic heterocycles. The van der Waals surface area contributed by atoms with E-state index in [2.05, 4.69) is 16.0 Å². The number of ketones is 2. The second-order valence-corrected chi connectivity index (χ2v) is 13.6. The summed E-state index contributed by atoms with van der Waals surface area (Å²) >= 11 is 0. The Morgan fingerprint density at radius 2 is 1.30 bits per heavy atom. The maximum absolute atomic E-state index is 13.3. The van der Waals surface area contributed by atoms with Crippen molar-refractivity contribution in [3.8, 4) is 0 Å². The van der Waals surface area contributed by atoms with Crippen LogP contribution >= 0.6 is 0 Å². The quantitative estimate of drug-likeness (QED) is 0.0402. The number of rotatable bonds is 26. The van der Waals surface area contributed by atoms with Crippen molar-refractivity contribution < 1.29 is 76.0 Å². The Morgan fingerprint density at radius 3 is 1.86 bits per heavy atom. The summed E-state index contributed by atoms with van der Waals surface area (Å²) in [6.07, 6.45) is -15.6. The summed E-state index contributed by atoms with van der Waals surface area (Å²) in [5.74, 6) is -4.59. The van der Waals surface area contributed by atoms with E-state index in [1.54, 1.807) is 6.92 Å². The first-order valence-electron chi connectivity index (χ1n) is 17.2. The zero-order chi connectivity index (χ0) is 39.5. The van der Waals surface area contributed by atoms with Crippen LogP contribution in [0.4, 0.5) is 0 Å². The van der Waals surface area contributed by atoms with Crippen molar-refractivity contribution in [2.75, 3.05) is 33.4 Å². The number of Topliss-reactive ketones (excluding diaryl/α,β-unsaturated/α-hetero) is 2. The standard InChI is InChI=1S/C32H59N3O15/c1-6-21(39)26(44)27(45)22(40)10-8-18(37)7-9-20(31(49)34-14-23(41)28(46)29(47)24(42)15-36)35-30(48)17(16-50-5)11-19(38)13-33-25(43)12-32(2,3)4/h17,20-24,26-29,36,39-42,44-47H,6-16H2,1-5H3,(H,33,43)(H,34,49)(H,35,48)/t17?,20?,21-,22+,23+,24-,26+,27-,28-,29+/m1/s1/i5D. The third-order valence-corrected chi connectivity index (χ3v) is 7.77. The predicted octanol–water partition coefficient (Wildman–Crippen LogP) is -4.22. The van der Waals surface area contributed by atoms with E-state index in [1.807, 2.05) is 20.8 Å². The van der Waals surface area contributed by atoms with Crippen molar-refractivity contribution in [1.29, 1.82) is 0 Å². The first-order chi connectivity index (χ1) is 23.7. The molecular weight excluding hydrogens is 666 g/mol. The van der Waals surface area contributed by atoms with Gasteiger partial charge in [-0.25, -0.2) is 0 Å². The molecule has 18 nitrogen and oxygen atoms in total. The van der Waals surface area contributed by atoms with Gasteiger partial charge in [0.25, 0.3) is 0 Å². The number of aliphatic hydroxyl groups is 9. The molecule has 0 aliphatic rings. The van der Waals surface area contributed by atoms with E-state index in [0.717, 1.165) is 0 Å². The predicted molar refractivity (Wildman–Crippen MR) is 176 cm³/mol. The molecule has 0 saturated heterocycles. The molecule has 0 saturated carbocycles. The molecular formula is C32H59N3O15. The summed E-state index contributed by atoms with van der Waals surface area (Å²) in [7, 11) is -0.565. The molecule has 3 amide bonds. The summed E-state index contributed by atoms with van der Waals surface area (Å²) < 4.78 is 12.3. The normalized spacial score (nSPS) is 18.2. The van der Waals surface area contributed by atoms with Gasteiger partial charge in [-0.3, -0.25) is 24.0 Å². The summed E-state index contributed by atoms with van der Waals surface area (Å²) in [6, 6.07) is -1.50. The fraction of sp³-hybridized carbons (Fsp3) is 0.844. The van der Waals surface area contributed by atoms with Crippen molar-refractivity contribution in [1.82, 2.24) is 16.0 Å². The van der Waals surface area contributed by atoms with Gasteiger partial charge >= 0.3 is 0 Å². The van der Waals surface area contributed by atoms with E-state index < -0.39 is 124 Å². The van der Waals surface area contributed by atoms with Crippen LogP contribution in [-0.4, -0.2) is 164 Å². The summed E-state index contributed by atoms with van der Waals surface area (Å²) in [4.78, 5) is 64.0. The summed E-state index contributed by atoms with van der Waals surface area (Å²) in [5.41, 5.74) is -0.342. The van der Waals surface area contributed by atoms with E-state index in [4.69, 9.17) is 11.2 Å². The molecule has 10 atom stereocenters. The lowest BCUT2D eigenvalue weighted by molar-refractivity contribution is -0.135. The molecule has 0 aromatic carbocycles. The maximum atomic E-state index is 13.3. The van der Waals surface area contributed by atoms with Gasteiger partial charge in [0.2, 0.25) is 17.7 Å². The van der Waals surface area contributed by atoms with Crippen molar-refractivity contribution >= 4 is 29.3 Å². The van der Waals surface area contributed by atoms with Crippen LogP contribution in [0.1, 0.15) is 74.0 Å². The molecule has 0 aromatic rings. The van der Waals surface area contributed by atoms with E-state index >= 15 is 0 Å². The average Bonchev–Trinajstić information content (AvgIpc) is 3.08. The second kappa shape index (κ2) is 23.8. The van der Waals surface area contributed by atoms with Gasteiger partial charge in [0.15, 0.2) is 5.78 Å². The van der Waals surface area contributed by atoms with Crippen LogP contribution in [0, 0.1) is 11.3 Å². The highest BCUT2D eigenvalue weighted by molar-refractivity contribution is 5.93. The molecule has 12 N–H and O–H groups in total. The van der Waals surface area contributed by atoms with Gasteiger partial charge in [-0.1, -0.05) is 27.7 Å². The molecule has 0 radical (unpaired) electrons. The highest BCUT2D eigenvalue weighted by Crippen LogP contribution is 2.18. The fourth-order valence-corrected chi connectivity index (χ4v) is 4.64. The number of carbonyl (C=O) groups is 5. The number of amides is 3. The fourth-order valence-electron chi connectivity index (χ4n) is 4.64. The number of methoxy groups -OCH3 is 1. The largest absolute Gasteiger partial charge is 0.394 e. The molecule has 0 bridgehead atoms. The zero-order valence-electron chi connectivity index (χ0n) is 30.2. The lowest BCUT2D eigenvalue weighted by Gasteiger charge is -2.27. The molecule has 292 valence electrons. The van der Waals surface area contributed by atoms with Gasteiger partial charge < -0.3 is 66.6 Å². The number of hydrogen-bond acceptors (Lipinski definition) is 15. The maximum Gasteiger partial charge on any atom is 0.242 e. The first kappa shape index (κ1) is 45.4. The van der Waals surface area contributed by atoms with Crippen LogP contribution in [0.15, 0.2) is 0 Å². The smallest absolute Gasteiger partial charge is 0.242 e. The van der Waals surface area contributed by atoms with Crippen molar-refractivity contribution in [2.24, 2.45) is 11.3 Å². The van der Waals surface area contributed by atoms with Crippen LogP contribution in [0.2, 0.25) is 0 Å². The zero-order valence-corrected chi connectivity index (χ0v) is 29.2. The van der Waals surface area contributed by atoms with E-state index in [9.17, 15) is 64.8 Å². The van der Waals surface area contributed by atoms with Gasteiger partial charge in [-0.2, -0.15) is 0 Å². The summed E-state index contributed by atoms with van der Waals surface area (Å²) in [6.45, 7) is 4.58. The average molecular weight is 727 g/mol. The minimum atomic E-state index is -2.01. The Morgan fingerprint density at radius 1 is 0.740 bits per heavy atom. The molecule has 0 fully saturated rings. The van der Waals surface area contributed by atoms with Gasteiger partial charge in [-0.05, 0) is 24.7 Å². The highest BCUT2D eigenvalue weighted by Gasteiger charge is 2.33. The summed E-state index contributed by atoms with van der Waals surface area (Å²) in [5, 5.41) is 95.6. The number of aliphatic hydroxyl groups excluding tert-OH is 9. The first-order valence-corrected chi connectivity index (χ1v) is 16.5. The molecule has 0 aromatic heterocycles. The minimum absolute atomic E-state index is 0.0957. The lowest BCUT2D eigenvalue weighted by Crippen LogP contribution is -2.53. The molecule has 18 heteroatoms. The van der Waals surface area contributed by atoms with Crippen LogP contribution in [0.3, 0.4) is 0 Å². The SMILES string of the molecule is [2H]COCC(CC(=O)CNC(=O)CC(C)(C)C)C(=O)NC(CCC(=O)CC[C@H](O)[C@@H](O)[C@@H](O)[C@H](O)CC)C(=O)NC[C@H](O)[C@@H](O)[C@@H](O)[C@H](O)CO. The van der Waals surface area contributed by atoms with E-state index in [0.29, 0.717) is 0 Å². The molecule has 0 spiro atoms. The Hall–Kier alpha value is -2.65. The minimum Gasteiger partial charge on any atom is -0.394 e. The number of nitrogens with one attached hydrogen (secondary N) is 3. The van der Waals surface area contributed by atoms with E-state index in [1.165, 1.54) is 0 Å². The Balaban J connectivity index is 5.75. The molecule has 0 aliphatic carbocycles. The lowest BCUT2D eigenvalue weighted by atomic mass is 9.92.